The summed E-state index contributed by atoms with van der Waals surface area (Å²) in [7, 11) is -4.11. The molecular formula is C23H21FN2O5S. The van der Waals surface area contributed by atoms with Gasteiger partial charge in [-0.25, -0.2) is 17.6 Å². The molecule has 0 atom stereocenters. The number of para-hydroxylation sites is 1. The van der Waals surface area contributed by atoms with Crippen LogP contribution in [0.1, 0.15) is 34.1 Å². The van der Waals surface area contributed by atoms with E-state index in [4.69, 9.17) is 4.74 Å². The molecule has 9 heteroatoms. The van der Waals surface area contributed by atoms with Gasteiger partial charge < -0.3 is 10.1 Å². The monoisotopic (exact) mass is 456 g/mol. The number of hydrogen-bond donors (Lipinski definition) is 2. The van der Waals surface area contributed by atoms with Crippen LogP contribution in [-0.4, -0.2) is 26.9 Å². The van der Waals surface area contributed by atoms with Crippen molar-refractivity contribution in [3.63, 3.8) is 0 Å². The van der Waals surface area contributed by atoms with Gasteiger partial charge in [0, 0.05) is 11.3 Å². The highest BCUT2D eigenvalue weighted by molar-refractivity contribution is 7.92. The van der Waals surface area contributed by atoms with Crippen LogP contribution in [0.2, 0.25) is 0 Å². The van der Waals surface area contributed by atoms with Gasteiger partial charge >= 0.3 is 5.97 Å². The first-order chi connectivity index (χ1) is 15.3. The summed E-state index contributed by atoms with van der Waals surface area (Å²) < 4.78 is 46.2. The van der Waals surface area contributed by atoms with Gasteiger partial charge in [0.05, 0.1) is 22.8 Å². The third-order valence-corrected chi connectivity index (χ3v) is 5.70. The summed E-state index contributed by atoms with van der Waals surface area (Å²) in [5.74, 6) is -1.72. The highest BCUT2D eigenvalue weighted by Gasteiger charge is 2.18. The van der Waals surface area contributed by atoms with E-state index in [0.717, 1.165) is 6.07 Å². The summed E-state index contributed by atoms with van der Waals surface area (Å²) in [5, 5.41) is 2.64. The summed E-state index contributed by atoms with van der Waals surface area (Å²) in [4.78, 5) is 24.2. The number of hydrogen-bond acceptors (Lipinski definition) is 5. The van der Waals surface area contributed by atoms with E-state index in [1.807, 2.05) is 6.92 Å². The lowest BCUT2D eigenvalue weighted by molar-refractivity contribution is 0.0505. The van der Waals surface area contributed by atoms with Crippen molar-refractivity contribution in [3.05, 3.63) is 89.7 Å². The van der Waals surface area contributed by atoms with Crippen LogP contribution in [0.5, 0.6) is 0 Å². The molecular weight excluding hydrogens is 435 g/mol. The van der Waals surface area contributed by atoms with Gasteiger partial charge in [0.15, 0.2) is 0 Å². The van der Waals surface area contributed by atoms with Gasteiger partial charge in [-0.15, -0.1) is 0 Å². The Bertz CT molecular complexity index is 1230. The van der Waals surface area contributed by atoms with E-state index in [2.05, 4.69) is 10.0 Å². The SMILES string of the molecule is CCCOC(=O)c1ccc(NC(=O)c2cccc(S(=O)(=O)Nc3ccccc3F)c2)cc1. The summed E-state index contributed by atoms with van der Waals surface area (Å²) in [5.41, 5.74) is 0.663. The largest absolute Gasteiger partial charge is 0.462 e. The van der Waals surface area contributed by atoms with Crippen LogP contribution in [0.15, 0.2) is 77.7 Å². The molecule has 0 radical (unpaired) electrons. The minimum atomic E-state index is -4.11. The number of nitrogens with one attached hydrogen (secondary N) is 2. The second kappa shape index (κ2) is 10.1. The smallest absolute Gasteiger partial charge is 0.338 e. The van der Waals surface area contributed by atoms with E-state index < -0.39 is 27.7 Å². The van der Waals surface area contributed by atoms with Crippen molar-refractivity contribution in [3.8, 4) is 0 Å². The highest BCUT2D eigenvalue weighted by Crippen LogP contribution is 2.20. The van der Waals surface area contributed by atoms with Gasteiger partial charge in [0.25, 0.3) is 15.9 Å². The molecule has 3 rings (SSSR count). The van der Waals surface area contributed by atoms with Gasteiger partial charge in [-0.05, 0) is 61.0 Å². The Hall–Kier alpha value is -3.72. The lowest BCUT2D eigenvalue weighted by atomic mass is 10.2. The second-order valence-electron chi connectivity index (χ2n) is 6.78. The Morgan fingerprint density at radius 1 is 0.938 bits per heavy atom. The molecule has 2 N–H and O–H groups in total. The molecule has 7 nitrogen and oxygen atoms in total. The van der Waals surface area contributed by atoms with Crippen molar-refractivity contribution in [2.75, 3.05) is 16.6 Å². The van der Waals surface area contributed by atoms with E-state index in [0.29, 0.717) is 24.3 Å². The van der Waals surface area contributed by atoms with E-state index >= 15 is 0 Å². The van der Waals surface area contributed by atoms with Crippen molar-refractivity contribution in [2.45, 2.75) is 18.2 Å². The van der Waals surface area contributed by atoms with Gasteiger partial charge in [-0.2, -0.15) is 0 Å². The van der Waals surface area contributed by atoms with Crippen molar-refractivity contribution in [1.29, 1.82) is 0 Å². The molecule has 0 aliphatic heterocycles. The zero-order valence-electron chi connectivity index (χ0n) is 17.2. The van der Waals surface area contributed by atoms with Crippen LogP contribution in [0, 0.1) is 5.82 Å². The summed E-state index contributed by atoms with van der Waals surface area (Å²) in [6.45, 7) is 2.21. The maximum Gasteiger partial charge on any atom is 0.338 e. The maximum atomic E-state index is 13.8. The highest BCUT2D eigenvalue weighted by atomic mass is 32.2. The molecule has 1 amide bonds. The fourth-order valence-corrected chi connectivity index (χ4v) is 3.84. The van der Waals surface area contributed by atoms with Gasteiger partial charge in [-0.1, -0.05) is 25.1 Å². The molecule has 0 unspecified atom stereocenters. The number of sulfonamides is 1. The normalized spacial score (nSPS) is 10.9. The average molecular weight is 456 g/mol. The fourth-order valence-electron chi connectivity index (χ4n) is 2.72. The molecule has 0 heterocycles. The molecule has 0 aromatic heterocycles. The first kappa shape index (κ1) is 23.0. The number of ether oxygens (including phenoxy) is 1. The first-order valence-electron chi connectivity index (χ1n) is 9.76. The fraction of sp³-hybridized carbons (Fsp3) is 0.130. The Morgan fingerprint density at radius 3 is 2.34 bits per heavy atom. The van der Waals surface area contributed by atoms with Crippen molar-refractivity contribution in [1.82, 2.24) is 0 Å². The summed E-state index contributed by atoms with van der Waals surface area (Å²) >= 11 is 0. The number of amides is 1. The topological polar surface area (TPSA) is 102 Å². The molecule has 3 aromatic rings. The molecule has 32 heavy (non-hydrogen) atoms. The summed E-state index contributed by atoms with van der Waals surface area (Å²) in [6.07, 6.45) is 0.713. The lowest BCUT2D eigenvalue weighted by Crippen LogP contribution is -2.16. The predicted octanol–water partition coefficient (Wildman–Crippen LogP) is 4.45. The first-order valence-corrected chi connectivity index (χ1v) is 11.2. The number of esters is 1. The van der Waals surface area contributed by atoms with Crippen LogP contribution in [0.25, 0.3) is 0 Å². The number of benzene rings is 3. The molecule has 0 fully saturated rings. The minimum Gasteiger partial charge on any atom is -0.462 e. The molecule has 0 aliphatic carbocycles. The van der Waals surface area contributed by atoms with E-state index in [1.54, 1.807) is 12.1 Å². The van der Waals surface area contributed by atoms with Crippen LogP contribution in [0.3, 0.4) is 0 Å². The van der Waals surface area contributed by atoms with E-state index in [9.17, 15) is 22.4 Å². The number of carbonyl (C=O) groups excluding carboxylic acids is 2. The van der Waals surface area contributed by atoms with Gasteiger partial charge in [-0.3, -0.25) is 9.52 Å². The van der Waals surface area contributed by atoms with Crippen LogP contribution in [0.4, 0.5) is 15.8 Å². The zero-order valence-corrected chi connectivity index (χ0v) is 18.0. The maximum absolute atomic E-state index is 13.8. The Balaban J connectivity index is 1.72. The van der Waals surface area contributed by atoms with Crippen LogP contribution in [-0.2, 0) is 14.8 Å². The predicted molar refractivity (Wildman–Crippen MR) is 119 cm³/mol. The zero-order chi connectivity index (χ0) is 23.1. The number of halogens is 1. The quantitative estimate of drug-likeness (QED) is 0.488. The molecule has 0 bridgehead atoms. The molecule has 0 saturated carbocycles. The van der Waals surface area contributed by atoms with Crippen LogP contribution < -0.4 is 10.0 Å². The number of rotatable bonds is 8. The van der Waals surface area contributed by atoms with E-state index in [1.165, 1.54) is 54.6 Å². The van der Waals surface area contributed by atoms with Gasteiger partial charge in [0.1, 0.15) is 5.82 Å². The molecule has 0 spiro atoms. The van der Waals surface area contributed by atoms with Crippen LogP contribution >= 0.6 is 0 Å². The Morgan fingerprint density at radius 2 is 1.66 bits per heavy atom. The average Bonchev–Trinajstić information content (AvgIpc) is 2.79. The number of carbonyl (C=O) groups is 2. The second-order valence-corrected chi connectivity index (χ2v) is 8.46. The Kier molecular flexibility index (Phi) is 7.21. The van der Waals surface area contributed by atoms with E-state index in [-0.39, 0.29) is 16.1 Å². The van der Waals surface area contributed by atoms with Crippen molar-refractivity contribution in [2.24, 2.45) is 0 Å². The minimum absolute atomic E-state index is 0.0906. The molecule has 0 saturated heterocycles. The molecule has 166 valence electrons. The number of anilines is 2. The third kappa shape index (κ3) is 5.70. The lowest BCUT2D eigenvalue weighted by Gasteiger charge is -2.11. The Labute approximate surface area is 185 Å². The standard InChI is InChI=1S/C23H21FN2O5S/c1-2-14-31-23(28)16-10-12-18(13-11-16)25-22(27)17-6-5-7-19(15-17)32(29,30)26-21-9-4-3-8-20(21)24/h3-13,15,26H,2,14H2,1H3,(H,25,27). The summed E-state index contributed by atoms with van der Waals surface area (Å²) in [6, 6.07) is 16.9. The van der Waals surface area contributed by atoms with Gasteiger partial charge in [0.2, 0.25) is 0 Å². The molecule has 0 aliphatic rings. The van der Waals surface area contributed by atoms with Crippen molar-refractivity contribution >= 4 is 33.3 Å². The molecule has 3 aromatic carbocycles. The third-order valence-electron chi connectivity index (χ3n) is 4.34. The van der Waals surface area contributed by atoms with Crippen molar-refractivity contribution < 1.29 is 27.1 Å².